The maximum absolute atomic E-state index is 13.5. The summed E-state index contributed by atoms with van der Waals surface area (Å²) in [5.41, 5.74) is -0.519. The third-order valence-electron chi connectivity index (χ3n) is 4.48. The van der Waals surface area contributed by atoms with Gasteiger partial charge in [-0.25, -0.2) is 4.57 Å². The monoisotopic (exact) mass is 453 g/mol. The zero-order valence-corrected chi connectivity index (χ0v) is 19.3. The molecule has 0 aliphatic carbocycles. The Balaban J connectivity index is 2.10. The fraction of sp³-hybridized carbons (Fsp3) is 0.500. The Bertz CT molecular complexity index is 822. The van der Waals surface area contributed by atoms with Gasteiger partial charge in [0, 0.05) is 6.61 Å². The highest BCUT2D eigenvalue weighted by Crippen LogP contribution is 2.46. The van der Waals surface area contributed by atoms with E-state index in [0.29, 0.717) is 18.8 Å². The van der Waals surface area contributed by atoms with Crippen LogP contribution in [0, 0.1) is 0 Å². The van der Waals surface area contributed by atoms with Crippen molar-refractivity contribution < 1.29 is 33.0 Å². The molecular weight excluding hydrogens is 421 g/mol. The van der Waals surface area contributed by atoms with Crippen molar-refractivity contribution in [3.63, 3.8) is 0 Å². The topological polar surface area (TPSA) is 103 Å². The Morgan fingerprint density at radius 2 is 2.06 bits per heavy atom. The third-order valence-corrected chi connectivity index (χ3v) is 6.26. The Morgan fingerprint density at radius 3 is 2.68 bits per heavy atom. The number of ether oxygens (including phenoxy) is 2. The molecule has 1 aromatic rings. The van der Waals surface area contributed by atoms with Gasteiger partial charge in [-0.15, -0.1) is 0 Å². The quantitative estimate of drug-likeness (QED) is 0.297. The maximum Gasteiger partial charge on any atom is 0.459 e. The third kappa shape index (κ3) is 8.24. The number of carbonyl (C=O) groups excluding carboxylic acids is 1. The normalized spacial score (nSPS) is 21.8. The van der Waals surface area contributed by atoms with Crippen LogP contribution in [-0.4, -0.2) is 48.6 Å². The molecule has 2 unspecified atom stereocenters. The molecule has 1 saturated heterocycles. The summed E-state index contributed by atoms with van der Waals surface area (Å²) < 4.78 is 35.5. The van der Waals surface area contributed by atoms with Crippen LogP contribution in [0.2, 0.25) is 0 Å². The Kier molecular flexibility index (Phi) is 9.47. The largest absolute Gasteiger partial charge is 0.460 e. The first-order chi connectivity index (χ1) is 14.6. The van der Waals surface area contributed by atoms with E-state index in [4.69, 9.17) is 18.5 Å². The van der Waals surface area contributed by atoms with Crippen molar-refractivity contribution in [2.75, 3.05) is 19.8 Å². The van der Waals surface area contributed by atoms with Gasteiger partial charge in [-0.05, 0) is 51.8 Å². The van der Waals surface area contributed by atoms with Crippen molar-refractivity contribution in [2.24, 2.45) is 0 Å². The van der Waals surface area contributed by atoms with E-state index >= 15 is 0 Å². The van der Waals surface area contributed by atoms with Crippen molar-refractivity contribution in [1.82, 2.24) is 5.09 Å². The Hall–Kier alpha value is -1.96. The Morgan fingerprint density at radius 1 is 1.35 bits per heavy atom. The second kappa shape index (κ2) is 11.6. The molecule has 1 heterocycles. The molecule has 0 aromatic heterocycles. The van der Waals surface area contributed by atoms with E-state index in [1.165, 1.54) is 13.8 Å². The molecule has 1 aliphatic rings. The van der Waals surface area contributed by atoms with Gasteiger partial charge in [0.25, 0.3) is 0 Å². The van der Waals surface area contributed by atoms with Gasteiger partial charge in [0.05, 0.1) is 12.7 Å². The second-order valence-electron chi connectivity index (χ2n) is 7.81. The van der Waals surface area contributed by atoms with Gasteiger partial charge in [0.2, 0.25) is 0 Å². The maximum atomic E-state index is 13.5. The van der Waals surface area contributed by atoms with E-state index in [0.717, 1.165) is 5.57 Å². The SMILES string of the molecule is C/C=C\C=C(/C)COC(=O)C(C)(C)NP(=O)(OC[C@H]1OCCC1O)Oc1ccccc1. The average molecular weight is 453 g/mol. The molecule has 1 aliphatic heterocycles. The van der Waals surface area contributed by atoms with Crippen molar-refractivity contribution in [3.05, 3.63) is 54.1 Å². The molecule has 1 fully saturated rings. The lowest BCUT2D eigenvalue weighted by molar-refractivity contribution is -0.148. The molecule has 9 heteroatoms. The minimum absolute atomic E-state index is 0.0983. The van der Waals surface area contributed by atoms with Gasteiger partial charge >= 0.3 is 13.7 Å². The lowest BCUT2D eigenvalue weighted by Gasteiger charge is -2.30. The highest BCUT2D eigenvalue weighted by Gasteiger charge is 2.41. The number of esters is 1. The summed E-state index contributed by atoms with van der Waals surface area (Å²) in [4.78, 5) is 12.7. The molecule has 172 valence electrons. The van der Waals surface area contributed by atoms with Crippen molar-refractivity contribution in [3.8, 4) is 5.75 Å². The summed E-state index contributed by atoms with van der Waals surface area (Å²) in [5, 5.41) is 12.6. The average Bonchev–Trinajstić information content (AvgIpc) is 3.14. The van der Waals surface area contributed by atoms with E-state index in [1.54, 1.807) is 30.3 Å². The number of allylic oxidation sites excluding steroid dienone is 3. The van der Waals surface area contributed by atoms with Crippen LogP contribution in [0.3, 0.4) is 0 Å². The Labute approximate surface area is 183 Å². The molecule has 31 heavy (non-hydrogen) atoms. The minimum atomic E-state index is -4.03. The number of aliphatic hydroxyl groups excluding tert-OH is 1. The number of rotatable bonds is 11. The van der Waals surface area contributed by atoms with Crippen LogP contribution in [0.15, 0.2) is 54.1 Å². The predicted octanol–water partition coefficient (Wildman–Crippen LogP) is 3.77. The van der Waals surface area contributed by atoms with Gasteiger partial charge in [-0.2, -0.15) is 5.09 Å². The van der Waals surface area contributed by atoms with Gasteiger partial charge in [0.15, 0.2) is 0 Å². The smallest absolute Gasteiger partial charge is 0.459 e. The zero-order chi connectivity index (χ0) is 22.9. The number of aliphatic hydroxyl groups is 1. The summed E-state index contributed by atoms with van der Waals surface area (Å²) in [5.74, 6) is -0.307. The molecule has 0 radical (unpaired) electrons. The second-order valence-corrected chi connectivity index (χ2v) is 9.47. The molecule has 0 saturated carbocycles. The van der Waals surface area contributed by atoms with Crippen LogP contribution in [0.25, 0.3) is 0 Å². The van der Waals surface area contributed by atoms with Crippen LogP contribution < -0.4 is 9.61 Å². The van der Waals surface area contributed by atoms with E-state index < -0.39 is 31.5 Å². The lowest BCUT2D eigenvalue weighted by atomic mass is 10.1. The van der Waals surface area contributed by atoms with E-state index in [2.05, 4.69) is 5.09 Å². The summed E-state index contributed by atoms with van der Waals surface area (Å²) in [7, 11) is -4.03. The van der Waals surface area contributed by atoms with Crippen LogP contribution in [0.1, 0.15) is 34.1 Å². The van der Waals surface area contributed by atoms with Gasteiger partial charge in [-0.3, -0.25) is 9.32 Å². The zero-order valence-electron chi connectivity index (χ0n) is 18.4. The van der Waals surface area contributed by atoms with Crippen LogP contribution >= 0.6 is 7.75 Å². The number of hydrogen-bond acceptors (Lipinski definition) is 7. The predicted molar refractivity (Wildman–Crippen MR) is 118 cm³/mol. The molecule has 0 amide bonds. The fourth-order valence-electron chi connectivity index (χ4n) is 2.73. The lowest BCUT2D eigenvalue weighted by Crippen LogP contribution is -2.47. The van der Waals surface area contributed by atoms with Gasteiger partial charge < -0.3 is 19.1 Å². The highest BCUT2D eigenvalue weighted by molar-refractivity contribution is 7.52. The number of nitrogens with one attached hydrogen (secondary N) is 1. The standard InChI is InChI=1S/C22H32NO7P/c1-5-6-10-17(2)15-28-21(25)22(3,4)23-31(26,30-18-11-8-7-9-12-18)29-16-20-19(24)13-14-27-20/h5-12,19-20,24H,13-16H2,1-4H3,(H,23,26)/b6-5-,17-10+/t19?,20-,31?/m1/s1. The highest BCUT2D eigenvalue weighted by atomic mass is 31.2. The summed E-state index contributed by atoms with van der Waals surface area (Å²) in [6, 6.07) is 8.49. The summed E-state index contributed by atoms with van der Waals surface area (Å²) in [6.07, 6.45) is 4.70. The van der Waals surface area contributed by atoms with Crippen LogP contribution in [-0.2, 0) is 23.4 Å². The van der Waals surface area contributed by atoms with Crippen LogP contribution in [0.4, 0.5) is 0 Å². The van der Waals surface area contributed by atoms with E-state index in [1.807, 2.05) is 32.1 Å². The minimum Gasteiger partial charge on any atom is -0.460 e. The van der Waals surface area contributed by atoms with Crippen molar-refractivity contribution in [2.45, 2.75) is 51.9 Å². The number of hydrogen-bond donors (Lipinski definition) is 2. The van der Waals surface area contributed by atoms with Crippen molar-refractivity contribution >= 4 is 13.7 Å². The first-order valence-corrected chi connectivity index (χ1v) is 11.7. The molecule has 3 atom stereocenters. The van der Waals surface area contributed by atoms with Gasteiger partial charge in [0.1, 0.15) is 24.0 Å². The molecule has 2 rings (SSSR count). The van der Waals surface area contributed by atoms with E-state index in [9.17, 15) is 14.5 Å². The van der Waals surface area contributed by atoms with Crippen LogP contribution in [0.5, 0.6) is 5.75 Å². The molecule has 8 nitrogen and oxygen atoms in total. The fourth-order valence-corrected chi connectivity index (χ4v) is 4.41. The first kappa shape index (κ1) is 25.3. The summed E-state index contributed by atoms with van der Waals surface area (Å²) in [6.45, 7) is 7.13. The number of benzene rings is 1. The number of carbonyl (C=O) groups is 1. The van der Waals surface area contributed by atoms with Gasteiger partial charge in [-0.1, -0.05) is 36.4 Å². The molecule has 0 spiro atoms. The molecule has 0 bridgehead atoms. The summed E-state index contributed by atoms with van der Waals surface area (Å²) >= 11 is 0. The molecule has 1 aromatic carbocycles. The van der Waals surface area contributed by atoms with E-state index in [-0.39, 0.29) is 13.2 Å². The first-order valence-electron chi connectivity index (χ1n) is 10.2. The number of para-hydroxylation sites is 1. The van der Waals surface area contributed by atoms with Crippen molar-refractivity contribution in [1.29, 1.82) is 0 Å². The molecular formula is C22H32NO7P. The molecule has 2 N–H and O–H groups in total.